The Labute approximate surface area is 188 Å². The fraction of sp³-hybridized carbons (Fsp3) is 0.583. The lowest BCUT2D eigenvalue weighted by molar-refractivity contribution is -0.149. The molecule has 0 amide bonds. The van der Waals surface area contributed by atoms with Crippen LogP contribution >= 0.6 is 0 Å². The third kappa shape index (κ3) is 4.23. The molecule has 8 heteroatoms. The highest BCUT2D eigenvalue weighted by atomic mass is 16.5. The predicted octanol–water partition coefficient (Wildman–Crippen LogP) is 3.00. The van der Waals surface area contributed by atoms with Crippen LogP contribution in [0, 0.1) is 11.3 Å². The van der Waals surface area contributed by atoms with Gasteiger partial charge in [-0.25, -0.2) is 14.5 Å². The largest absolute Gasteiger partial charge is 0.467 e. The SMILES string of the molecule is COC(=O)[C@H]1[C@H]([C@H](OC(C)=O)C(C)C)N1n1c(C(C)C(C)(C)C)nc2ccccc2c1=O. The summed E-state index contributed by atoms with van der Waals surface area (Å²) in [6.45, 7) is 13.4. The van der Waals surface area contributed by atoms with Gasteiger partial charge in [-0.1, -0.05) is 53.7 Å². The quantitative estimate of drug-likeness (QED) is 0.501. The molecule has 0 radical (unpaired) electrons. The summed E-state index contributed by atoms with van der Waals surface area (Å²) in [7, 11) is 1.31. The molecule has 2 heterocycles. The summed E-state index contributed by atoms with van der Waals surface area (Å²) in [5.41, 5.74) is 0.153. The molecule has 0 N–H and O–H groups in total. The number of hydrogen-bond acceptors (Lipinski definition) is 7. The average Bonchev–Trinajstić information content (AvgIpc) is 3.44. The number of benzene rings is 1. The number of para-hydroxylation sites is 1. The van der Waals surface area contributed by atoms with Crippen molar-refractivity contribution < 1.29 is 19.1 Å². The maximum Gasteiger partial charge on any atom is 0.332 e. The van der Waals surface area contributed by atoms with Gasteiger partial charge in [0.25, 0.3) is 5.56 Å². The fourth-order valence-electron chi connectivity index (χ4n) is 4.02. The fourth-order valence-corrected chi connectivity index (χ4v) is 4.02. The first-order valence-corrected chi connectivity index (χ1v) is 11.0. The molecule has 1 aliphatic rings. The van der Waals surface area contributed by atoms with Crippen molar-refractivity contribution in [3.05, 3.63) is 40.4 Å². The van der Waals surface area contributed by atoms with E-state index < -0.39 is 30.1 Å². The third-order valence-electron chi connectivity index (χ3n) is 6.26. The van der Waals surface area contributed by atoms with Crippen molar-refractivity contribution in [3.63, 3.8) is 0 Å². The van der Waals surface area contributed by atoms with Crippen molar-refractivity contribution in [2.45, 2.75) is 72.6 Å². The zero-order valence-electron chi connectivity index (χ0n) is 20.1. The number of methoxy groups -OCH3 is 1. The standard InChI is InChI=1S/C24H33N3O5/c1-13(2)20(32-15(4)28)18-19(23(30)31-8)26(18)27-21(14(3)24(5,6)7)25-17-12-10-9-11-16(17)22(27)29/h9-14,18-20H,1-8H3/t14?,18-,19-,20-,26?/m1/s1. The first-order valence-electron chi connectivity index (χ1n) is 11.0. The van der Waals surface area contributed by atoms with E-state index in [9.17, 15) is 14.4 Å². The Morgan fingerprint density at radius 3 is 2.28 bits per heavy atom. The van der Waals surface area contributed by atoms with Crippen LogP contribution in [0.3, 0.4) is 0 Å². The Hall–Kier alpha value is -2.90. The number of fused-ring (bicyclic) bond motifs is 1. The van der Waals surface area contributed by atoms with Gasteiger partial charge in [0.15, 0.2) is 6.04 Å². The van der Waals surface area contributed by atoms with Crippen LogP contribution in [0.2, 0.25) is 0 Å². The summed E-state index contributed by atoms with van der Waals surface area (Å²) < 4.78 is 12.1. The molecule has 4 atom stereocenters. The molecule has 1 fully saturated rings. The summed E-state index contributed by atoms with van der Waals surface area (Å²) in [6, 6.07) is 5.89. The number of esters is 2. The monoisotopic (exact) mass is 443 g/mol. The maximum atomic E-state index is 13.7. The smallest absolute Gasteiger partial charge is 0.332 e. The van der Waals surface area contributed by atoms with Gasteiger partial charge in [-0.3, -0.25) is 14.6 Å². The van der Waals surface area contributed by atoms with Crippen LogP contribution in [0.1, 0.15) is 60.2 Å². The number of carbonyl (C=O) groups is 2. The number of aromatic nitrogens is 2. The van der Waals surface area contributed by atoms with E-state index in [0.29, 0.717) is 16.7 Å². The van der Waals surface area contributed by atoms with Crippen LogP contribution in [-0.2, 0) is 19.1 Å². The second-order valence-corrected chi connectivity index (χ2v) is 9.85. The van der Waals surface area contributed by atoms with Gasteiger partial charge in [-0.05, 0) is 23.5 Å². The molecular formula is C24H33N3O5. The topological polar surface area (TPSA) is 90.5 Å². The van der Waals surface area contributed by atoms with Crippen molar-refractivity contribution in [3.8, 4) is 0 Å². The molecule has 2 aromatic rings. The molecular weight excluding hydrogens is 410 g/mol. The summed E-state index contributed by atoms with van der Waals surface area (Å²) in [4.78, 5) is 43.0. The van der Waals surface area contributed by atoms with E-state index in [1.807, 2.05) is 32.9 Å². The molecule has 0 spiro atoms. The maximum absolute atomic E-state index is 13.7. The summed E-state index contributed by atoms with van der Waals surface area (Å²) in [5.74, 6) is -0.546. The normalized spacial score (nSPS) is 20.2. The van der Waals surface area contributed by atoms with E-state index in [1.54, 1.807) is 17.1 Å². The Morgan fingerprint density at radius 2 is 1.75 bits per heavy atom. The highest BCUT2D eigenvalue weighted by Gasteiger charge is 2.61. The van der Waals surface area contributed by atoms with Crippen molar-refractivity contribution >= 4 is 22.8 Å². The summed E-state index contributed by atoms with van der Waals surface area (Å²) in [6.07, 6.45) is -0.590. The highest BCUT2D eigenvalue weighted by molar-refractivity contribution is 5.85. The average molecular weight is 444 g/mol. The molecule has 1 aliphatic heterocycles. The lowest BCUT2D eigenvalue weighted by Gasteiger charge is -2.30. The van der Waals surface area contributed by atoms with E-state index in [0.717, 1.165) is 0 Å². The highest BCUT2D eigenvalue weighted by Crippen LogP contribution is 2.39. The lowest BCUT2D eigenvalue weighted by atomic mass is 9.81. The molecule has 8 nitrogen and oxygen atoms in total. The summed E-state index contributed by atoms with van der Waals surface area (Å²) >= 11 is 0. The van der Waals surface area contributed by atoms with Gasteiger partial charge in [0.05, 0.1) is 18.0 Å². The Balaban J connectivity index is 2.25. The zero-order chi connectivity index (χ0) is 24.0. The molecule has 0 aliphatic carbocycles. The minimum atomic E-state index is -0.752. The second-order valence-electron chi connectivity index (χ2n) is 9.85. The predicted molar refractivity (Wildman–Crippen MR) is 122 cm³/mol. The van der Waals surface area contributed by atoms with Gasteiger partial charge < -0.3 is 9.47 Å². The molecule has 174 valence electrons. The van der Waals surface area contributed by atoms with Gasteiger partial charge >= 0.3 is 11.9 Å². The molecule has 1 aromatic carbocycles. The van der Waals surface area contributed by atoms with Crippen LogP contribution in [0.4, 0.5) is 0 Å². The molecule has 0 saturated carbocycles. The number of rotatable bonds is 6. The Morgan fingerprint density at radius 1 is 1.12 bits per heavy atom. The van der Waals surface area contributed by atoms with Crippen LogP contribution in [0.5, 0.6) is 0 Å². The number of nitrogens with zero attached hydrogens (tertiary/aromatic N) is 3. The van der Waals surface area contributed by atoms with E-state index in [-0.39, 0.29) is 22.8 Å². The number of carbonyl (C=O) groups excluding carboxylic acids is 2. The summed E-state index contributed by atoms with van der Waals surface area (Å²) in [5, 5.41) is 2.12. The molecule has 1 aromatic heterocycles. The third-order valence-corrected chi connectivity index (χ3v) is 6.26. The number of hydrogen-bond donors (Lipinski definition) is 0. The van der Waals surface area contributed by atoms with Crippen LogP contribution in [-0.4, -0.2) is 46.9 Å². The van der Waals surface area contributed by atoms with Gasteiger partial charge in [-0.2, -0.15) is 0 Å². The van der Waals surface area contributed by atoms with Gasteiger partial charge in [0.2, 0.25) is 0 Å². The van der Waals surface area contributed by atoms with Crippen molar-refractivity contribution in [2.75, 3.05) is 12.1 Å². The van der Waals surface area contributed by atoms with E-state index >= 15 is 0 Å². The van der Waals surface area contributed by atoms with Crippen molar-refractivity contribution in [2.24, 2.45) is 11.3 Å². The Bertz CT molecular complexity index is 1090. The molecule has 32 heavy (non-hydrogen) atoms. The van der Waals surface area contributed by atoms with Crippen molar-refractivity contribution in [1.29, 1.82) is 0 Å². The zero-order valence-corrected chi connectivity index (χ0v) is 20.1. The van der Waals surface area contributed by atoms with Crippen LogP contribution in [0.15, 0.2) is 29.1 Å². The number of ether oxygens (including phenoxy) is 2. The van der Waals surface area contributed by atoms with Gasteiger partial charge in [0, 0.05) is 12.8 Å². The molecule has 1 saturated heterocycles. The van der Waals surface area contributed by atoms with E-state index in [1.165, 1.54) is 18.7 Å². The first-order chi connectivity index (χ1) is 14.9. The second kappa shape index (κ2) is 8.56. The molecule has 3 rings (SSSR count). The van der Waals surface area contributed by atoms with E-state index in [2.05, 4.69) is 20.8 Å². The lowest BCUT2D eigenvalue weighted by Crippen LogP contribution is -2.40. The van der Waals surface area contributed by atoms with Crippen LogP contribution < -0.4 is 10.6 Å². The van der Waals surface area contributed by atoms with Gasteiger partial charge in [-0.15, -0.1) is 0 Å². The molecule has 1 unspecified atom stereocenters. The van der Waals surface area contributed by atoms with E-state index in [4.69, 9.17) is 14.5 Å². The van der Waals surface area contributed by atoms with Crippen molar-refractivity contribution in [1.82, 2.24) is 9.66 Å². The molecule has 0 bridgehead atoms. The first kappa shape index (κ1) is 23.8. The minimum absolute atomic E-state index is 0.0753. The Kier molecular flexibility index (Phi) is 6.36. The van der Waals surface area contributed by atoms with Crippen LogP contribution in [0.25, 0.3) is 10.9 Å². The van der Waals surface area contributed by atoms with Gasteiger partial charge in [0.1, 0.15) is 18.0 Å². The minimum Gasteiger partial charge on any atom is -0.467 e.